The number of rotatable bonds is 4. The average molecular weight is 243 g/mol. The van der Waals surface area contributed by atoms with Crippen LogP contribution in [0.3, 0.4) is 0 Å². The number of aromatic nitrogens is 1. The molecule has 0 aliphatic rings. The Morgan fingerprint density at radius 3 is 2.89 bits per heavy atom. The van der Waals surface area contributed by atoms with Gasteiger partial charge in [-0.3, -0.25) is 10.1 Å². The van der Waals surface area contributed by atoms with Crippen LogP contribution in [0.5, 0.6) is 0 Å². The molecule has 6 nitrogen and oxygen atoms in total. The summed E-state index contributed by atoms with van der Waals surface area (Å²) in [7, 11) is 0. The first-order chi connectivity index (χ1) is 8.75. The molecule has 0 bridgehead atoms. The molecule has 0 aliphatic carbocycles. The Bertz CT molecular complexity index is 588. The fourth-order valence-electron chi connectivity index (χ4n) is 1.22. The van der Waals surface area contributed by atoms with Crippen molar-refractivity contribution in [2.45, 2.75) is 0 Å². The molecule has 0 fully saturated rings. The highest BCUT2D eigenvalue weighted by Crippen LogP contribution is 2.16. The molecule has 0 atom stereocenters. The quantitative estimate of drug-likeness (QED) is 0.469. The van der Waals surface area contributed by atoms with Gasteiger partial charge in [0.05, 0.1) is 6.07 Å². The Labute approximate surface area is 102 Å². The summed E-state index contributed by atoms with van der Waals surface area (Å²) in [6.45, 7) is 0. The fourth-order valence-corrected chi connectivity index (χ4v) is 1.22. The van der Waals surface area contributed by atoms with E-state index in [4.69, 9.17) is 4.42 Å². The number of aliphatic imine (C=N–C) groups is 1. The zero-order valence-electron chi connectivity index (χ0n) is 9.26. The summed E-state index contributed by atoms with van der Waals surface area (Å²) in [4.78, 5) is 17.9. The van der Waals surface area contributed by atoms with Crippen LogP contribution in [0.4, 0.5) is 11.7 Å². The van der Waals surface area contributed by atoms with Gasteiger partial charge in [-0.05, 0) is 30.4 Å². The smallest absolute Gasteiger partial charge is 0.401 e. The summed E-state index contributed by atoms with van der Waals surface area (Å²) >= 11 is 0. The molecular weight excluding hydrogens is 234 g/mol. The van der Waals surface area contributed by atoms with Crippen LogP contribution in [0.15, 0.2) is 52.0 Å². The summed E-state index contributed by atoms with van der Waals surface area (Å²) in [5.74, 6) is 0.707. The standard InChI is InChI=1S/C12H9N3O3/c16-15(17)12-7-6-10(18-12)4-3-9-14-11-5-1-2-8-13-11/h1-9H/b4-3+,14-9?. The molecule has 0 spiro atoms. The van der Waals surface area contributed by atoms with Crippen molar-refractivity contribution in [3.63, 3.8) is 0 Å². The first-order valence-electron chi connectivity index (χ1n) is 5.12. The predicted octanol–water partition coefficient (Wildman–Crippen LogP) is 3.00. The minimum atomic E-state index is -0.584. The molecule has 0 unspecified atom stereocenters. The normalized spacial score (nSPS) is 11.3. The number of pyridine rings is 1. The first-order valence-corrected chi connectivity index (χ1v) is 5.12. The Balaban J connectivity index is 1.99. The highest BCUT2D eigenvalue weighted by atomic mass is 16.6. The lowest BCUT2D eigenvalue weighted by molar-refractivity contribution is -0.402. The van der Waals surface area contributed by atoms with E-state index in [0.717, 1.165) is 0 Å². The zero-order chi connectivity index (χ0) is 12.8. The van der Waals surface area contributed by atoms with Crippen molar-refractivity contribution in [2.75, 3.05) is 0 Å². The van der Waals surface area contributed by atoms with E-state index in [-0.39, 0.29) is 5.88 Å². The monoisotopic (exact) mass is 243 g/mol. The number of nitro groups is 1. The van der Waals surface area contributed by atoms with Crippen molar-refractivity contribution in [3.8, 4) is 0 Å². The number of hydrogen-bond donors (Lipinski definition) is 0. The summed E-state index contributed by atoms with van der Waals surface area (Å²) in [5, 5.41) is 10.4. The lowest BCUT2D eigenvalue weighted by Crippen LogP contribution is -1.82. The molecule has 2 heterocycles. The summed E-state index contributed by atoms with van der Waals surface area (Å²) in [6, 6.07) is 8.22. The highest BCUT2D eigenvalue weighted by Gasteiger charge is 2.09. The molecule has 0 N–H and O–H groups in total. The maximum atomic E-state index is 10.4. The van der Waals surface area contributed by atoms with Gasteiger partial charge in [0.25, 0.3) is 0 Å². The lowest BCUT2D eigenvalue weighted by Gasteiger charge is -1.87. The van der Waals surface area contributed by atoms with Crippen LogP contribution >= 0.6 is 0 Å². The van der Waals surface area contributed by atoms with E-state index in [9.17, 15) is 10.1 Å². The van der Waals surface area contributed by atoms with Gasteiger partial charge in [-0.15, -0.1) is 0 Å². The molecule has 0 amide bonds. The van der Waals surface area contributed by atoms with E-state index in [1.807, 2.05) is 6.07 Å². The van der Waals surface area contributed by atoms with Gasteiger partial charge in [-0.2, -0.15) is 0 Å². The fraction of sp³-hybridized carbons (Fsp3) is 0. The highest BCUT2D eigenvalue weighted by molar-refractivity contribution is 5.79. The van der Waals surface area contributed by atoms with Gasteiger partial charge in [0, 0.05) is 12.4 Å². The molecule has 0 aromatic carbocycles. The molecule has 6 heteroatoms. The maximum absolute atomic E-state index is 10.4. The van der Waals surface area contributed by atoms with Crippen LogP contribution in [0, 0.1) is 10.1 Å². The Hall–Kier alpha value is -2.76. The minimum absolute atomic E-state index is 0.281. The number of hydrogen-bond acceptors (Lipinski definition) is 5. The molecule has 18 heavy (non-hydrogen) atoms. The van der Waals surface area contributed by atoms with Gasteiger partial charge in [-0.1, -0.05) is 6.07 Å². The van der Waals surface area contributed by atoms with E-state index >= 15 is 0 Å². The summed E-state index contributed by atoms with van der Waals surface area (Å²) < 4.78 is 4.93. The van der Waals surface area contributed by atoms with Crippen LogP contribution in [0.25, 0.3) is 6.08 Å². The number of furan rings is 1. The second-order valence-electron chi connectivity index (χ2n) is 3.26. The molecule has 0 aliphatic heterocycles. The van der Waals surface area contributed by atoms with Crippen LogP contribution < -0.4 is 0 Å². The lowest BCUT2D eigenvalue weighted by atomic mass is 10.4. The van der Waals surface area contributed by atoms with Crippen LogP contribution in [-0.2, 0) is 0 Å². The maximum Gasteiger partial charge on any atom is 0.433 e. The average Bonchev–Trinajstić information content (AvgIpc) is 2.85. The Kier molecular flexibility index (Phi) is 3.60. The van der Waals surface area contributed by atoms with Crippen LogP contribution in [0.2, 0.25) is 0 Å². The molecule has 90 valence electrons. The van der Waals surface area contributed by atoms with Gasteiger partial charge < -0.3 is 4.42 Å². The summed E-state index contributed by atoms with van der Waals surface area (Å²) in [5.41, 5.74) is 0. The van der Waals surface area contributed by atoms with E-state index < -0.39 is 4.92 Å². The molecular formula is C12H9N3O3. The van der Waals surface area contributed by atoms with Gasteiger partial charge >= 0.3 is 5.88 Å². The zero-order valence-corrected chi connectivity index (χ0v) is 9.26. The van der Waals surface area contributed by atoms with Gasteiger partial charge in [0.1, 0.15) is 10.7 Å². The molecule has 2 rings (SSSR count). The predicted molar refractivity (Wildman–Crippen MR) is 66.8 cm³/mol. The molecule has 0 radical (unpaired) electrons. The van der Waals surface area contributed by atoms with Crippen molar-refractivity contribution in [3.05, 3.63) is 58.5 Å². The molecule has 2 aromatic rings. The van der Waals surface area contributed by atoms with E-state index in [1.165, 1.54) is 18.3 Å². The van der Waals surface area contributed by atoms with E-state index in [2.05, 4.69) is 9.98 Å². The second-order valence-corrected chi connectivity index (χ2v) is 3.26. The molecule has 0 saturated heterocycles. The number of nitrogens with zero attached hydrogens (tertiary/aromatic N) is 3. The Morgan fingerprint density at radius 2 is 2.22 bits per heavy atom. The van der Waals surface area contributed by atoms with E-state index in [0.29, 0.717) is 11.6 Å². The van der Waals surface area contributed by atoms with Gasteiger partial charge in [0.2, 0.25) is 0 Å². The second kappa shape index (κ2) is 5.53. The van der Waals surface area contributed by atoms with Crippen molar-refractivity contribution >= 4 is 24.0 Å². The first kappa shape index (κ1) is 11.7. The van der Waals surface area contributed by atoms with Crippen molar-refractivity contribution in [1.29, 1.82) is 0 Å². The number of allylic oxidation sites excluding steroid dienone is 1. The SMILES string of the molecule is O=[N+]([O-])c1ccc(/C=C/C=Nc2ccccn2)o1. The van der Waals surface area contributed by atoms with Crippen molar-refractivity contribution in [2.24, 2.45) is 4.99 Å². The third-order valence-corrected chi connectivity index (χ3v) is 2.00. The Morgan fingerprint density at radius 1 is 1.33 bits per heavy atom. The van der Waals surface area contributed by atoms with Crippen molar-refractivity contribution < 1.29 is 9.34 Å². The van der Waals surface area contributed by atoms with Crippen LogP contribution in [0.1, 0.15) is 5.76 Å². The molecule has 2 aromatic heterocycles. The van der Waals surface area contributed by atoms with Crippen LogP contribution in [-0.4, -0.2) is 16.1 Å². The summed E-state index contributed by atoms with van der Waals surface area (Å²) in [6.07, 6.45) is 6.39. The van der Waals surface area contributed by atoms with Crippen molar-refractivity contribution in [1.82, 2.24) is 4.98 Å². The van der Waals surface area contributed by atoms with Gasteiger partial charge in [0.15, 0.2) is 5.82 Å². The largest absolute Gasteiger partial charge is 0.433 e. The minimum Gasteiger partial charge on any atom is -0.401 e. The molecule has 0 saturated carbocycles. The van der Waals surface area contributed by atoms with Gasteiger partial charge in [-0.25, -0.2) is 9.98 Å². The third-order valence-electron chi connectivity index (χ3n) is 2.00. The topological polar surface area (TPSA) is 81.5 Å². The third kappa shape index (κ3) is 3.11. The van der Waals surface area contributed by atoms with E-state index in [1.54, 1.807) is 30.5 Å².